The number of hydrogen-bond donors (Lipinski definition) is 1. The number of nitrogens with zero attached hydrogens (tertiary/aromatic N) is 3. The molecule has 1 aromatic heterocycles. The summed E-state index contributed by atoms with van der Waals surface area (Å²) in [6.07, 6.45) is 3.52. The van der Waals surface area contributed by atoms with Crippen LogP contribution in [0.25, 0.3) is 0 Å². The summed E-state index contributed by atoms with van der Waals surface area (Å²) in [6.45, 7) is 2.46. The van der Waals surface area contributed by atoms with E-state index in [2.05, 4.69) is 9.97 Å². The third kappa shape index (κ3) is 3.12. The minimum atomic E-state index is -0.312. The molecule has 0 aliphatic heterocycles. The molecule has 0 amide bonds. The van der Waals surface area contributed by atoms with Crippen LogP contribution in [-0.2, 0) is 0 Å². The smallest absolute Gasteiger partial charge is 0.171 e. The molecule has 0 fully saturated rings. The number of rotatable bonds is 4. The fourth-order valence-electron chi connectivity index (χ4n) is 1.06. The molecule has 1 unspecified atom stereocenters. The molecule has 0 bridgehead atoms. The summed E-state index contributed by atoms with van der Waals surface area (Å²) in [5.74, 6) is 0.648. The van der Waals surface area contributed by atoms with Gasteiger partial charge in [0.05, 0.1) is 6.10 Å². The lowest BCUT2D eigenvalue weighted by atomic mass is 10.3. The second-order valence-electron chi connectivity index (χ2n) is 3.23. The third-order valence-electron chi connectivity index (χ3n) is 1.88. The summed E-state index contributed by atoms with van der Waals surface area (Å²) in [5.41, 5.74) is 0. The lowest BCUT2D eigenvalue weighted by molar-refractivity contribution is 0.187. The summed E-state index contributed by atoms with van der Waals surface area (Å²) in [4.78, 5) is 9.91. The van der Waals surface area contributed by atoms with Crippen molar-refractivity contribution in [1.82, 2.24) is 9.97 Å². The molecule has 0 spiro atoms. The predicted molar refractivity (Wildman–Crippen MR) is 56.6 cm³/mol. The van der Waals surface area contributed by atoms with E-state index >= 15 is 0 Å². The van der Waals surface area contributed by atoms with Crippen molar-refractivity contribution in [3.63, 3.8) is 0 Å². The predicted octanol–water partition coefficient (Wildman–Crippen LogP) is 1.34. The number of anilines is 1. The zero-order chi connectivity index (χ0) is 10.6. The van der Waals surface area contributed by atoms with Crippen LogP contribution in [0.1, 0.15) is 13.3 Å². The van der Waals surface area contributed by atoms with Crippen LogP contribution >= 0.6 is 11.6 Å². The van der Waals surface area contributed by atoms with Crippen molar-refractivity contribution in [2.24, 2.45) is 0 Å². The van der Waals surface area contributed by atoms with E-state index in [0.717, 1.165) is 0 Å². The Balaban J connectivity index is 2.60. The molecular weight excluding hydrogens is 202 g/mol. The topological polar surface area (TPSA) is 49.2 Å². The van der Waals surface area contributed by atoms with Gasteiger partial charge >= 0.3 is 0 Å². The van der Waals surface area contributed by atoms with Gasteiger partial charge in [-0.05, 0) is 13.3 Å². The first-order valence-corrected chi connectivity index (χ1v) is 4.84. The largest absolute Gasteiger partial charge is 0.393 e. The van der Waals surface area contributed by atoms with Crippen molar-refractivity contribution >= 4 is 17.4 Å². The molecule has 1 rings (SSSR count). The molecule has 1 atom stereocenters. The van der Waals surface area contributed by atoms with Crippen molar-refractivity contribution in [3.05, 3.63) is 17.5 Å². The maximum atomic E-state index is 9.12. The van der Waals surface area contributed by atoms with E-state index in [0.29, 0.717) is 23.9 Å². The van der Waals surface area contributed by atoms with Crippen molar-refractivity contribution in [3.8, 4) is 0 Å². The molecule has 0 saturated heterocycles. The van der Waals surface area contributed by atoms with Crippen molar-refractivity contribution in [2.75, 3.05) is 18.5 Å². The molecule has 14 heavy (non-hydrogen) atoms. The van der Waals surface area contributed by atoms with Crippen LogP contribution in [0.3, 0.4) is 0 Å². The minimum Gasteiger partial charge on any atom is -0.393 e. The molecular formula is C9H14ClN3O. The summed E-state index contributed by atoms with van der Waals surface area (Å²) in [6, 6.07) is 0. The van der Waals surface area contributed by atoms with Gasteiger partial charge in [0.25, 0.3) is 0 Å². The Kier molecular flexibility index (Phi) is 4.10. The fourth-order valence-corrected chi connectivity index (χ4v) is 1.31. The number of halogens is 1. The minimum absolute atomic E-state index is 0.312. The van der Waals surface area contributed by atoms with Crippen LogP contribution < -0.4 is 4.90 Å². The number of aliphatic hydroxyl groups is 1. The lowest BCUT2D eigenvalue weighted by Crippen LogP contribution is -2.23. The molecule has 0 saturated carbocycles. The highest BCUT2D eigenvalue weighted by Gasteiger charge is 2.08. The zero-order valence-corrected chi connectivity index (χ0v) is 9.07. The Morgan fingerprint density at radius 2 is 2.14 bits per heavy atom. The van der Waals surface area contributed by atoms with Gasteiger partial charge in [-0.1, -0.05) is 11.6 Å². The zero-order valence-electron chi connectivity index (χ0n) is 8.31. The van der Waals surface area contributed by atoms with E-state index in [9.17, 15) is 0 Å². The monoisotopic (exact) mass is 215 g/mol. The van der Waals surface area contributed by atoms with Crippen LogP contribution in [-0.4, -0.2) is 34.8 Å². The summed E-state index contributed by atoms with van der Waals surface area (Å²) in [5, 5.41) is 9.51. The Bertz CT molecular complexity index is 293. The third-order valence-corrected chi connectivity index (χ3v) is 2.15. The Morgan fingerprint density at radius 1 is 1.50 bits per heavy atom. The highest BCUT2D eigenvalue weighted by molar-refractivity contribution is 6.31. The first-order chi connectivity index (χ1) is 6.61. The molecule has 1 aromatic rings. The van der Waals surface area contributed by atoms with Gasteiger partial charge in [0.1, 0.15) is 0 Å². The van der Waals surface area contributed by atoms with Crippen LogP contribution in [0.2, 0.25) is 5.15 Å². The molecule has 78 valence electrons. The molecule has 0 radical (unpaired) electrons. The maximum Gasteiger partial charge on any atom is 0.171 e. The van der Waals surface area contributed by atoms with Gasteiger partial charge in [0, 0.05) is 26.0 Å². The summed E-state index contributed by atoms with van der Waals surface area (Å²) >= 11 is 5.86. The van der Waals surface area contributed by atoms with Gasteiger partial charge in [0.2, 0.25) is 0 Å². The van der Waals surface area contributed by atoms with Crippen molar-refractivity contribution in [2.45, 2.75) is 19.4 Å². The van der Waals surface area contributed by atoms with Crippen LogP contribution in [0.5, 0.6) is 0 Å². The average Bonchev–Trinajstić information content (AvgIpc) is 2.15. The molecule has 5 heteroatoms. The molecule has 1 heterocycles. The average molecular weight is 216 g/mol. The lowest BCUT2D eigenvalue weighted by Gasteiger charge is -2.19. The molecule has 0 aliphatic carbocycles. The van der Waals surface area contributed by atoms with Gasteiger partial charge in [-0.2, -0.15) is 0 Å². The first kappa shape index (κ1) is 11.2. The van der Waals surface area contributed by atoms with E-state index in [4.69, 9.17) is 16.7 Å². The van der Waals surface area contributed by atoms with E-state index in [1.807, 2.05) is 11.9 Å². The van der Waals surface area contributed by atoms with Gasteiger partial charge < -0.3 is 10.0 Å². The highest BCUT2D eigenvalue weighted by Crippen LogP contribution is 2.18. The molecule has 4 nitrogen and oxygen atoms in total. The fraction of sp³-hybridized carbons (Fsp3) is 0.556. The molecule has 0 aromatic carbocycles. The highest BCUT2D eigenvalue weighted by atomic mass is 35.5. The van der Waals surface area contributed by atoms with Crippen molar-refractivity contribution in [1.29, 1.82) is 0 Å². The van der Waals surface area contributed by atoms with Crippen LogP contribution in [0.15, 0.2) is 12.4 Å². The Hall–Kier alpha value is -0.870. The van der Waals surface area contributed by atoms with Gasteiger partial charge in [-0.25, -0.2) is 9.97 Å². The number of aromatic nitrogens is 2. The molecule has 1 N–H and O–H groups in total. The quantitative estimate of drug-likeness (QED) is 0.824. The van der Waals surface area contributed by atoms with Crippen molar-refractivity contribution < 1.29 is 5.11 Å². The second kappa shape index (κ2) is 5.12. The van der Waals surface area contributed by atoms with E-state index in [1.54, 1.807) is 19.3 Å². The van der Waals surface area contributed by atoms with Gasteiger partial charge in [-0.15, -0.1) is 0 Å². The first-order valence-electron chi connectivity index (χ1n) is 4.47. The normalized spacial score (nSPS) is 12.6. The van der Waals surface area contributed by atoms with Gasteiger partial charge in [-0.3, -0.25) is 0 Å². The van der Waals surface area contributed by atoms with Gasteiger partial charge in [0.15, 0.2) is 11.0 Å². The maximum absolute atomic E-state index is 9.12. The summed E-state index contributed by atoms with van der Waals surface area (Å²) in [7, 11) is 1.87. The number of aliphatic hydroxyl groups excluding tert-OH is 1. The second-order valence-corrected chi connectivity index (χ2v) is 3.59. The van der Waals surface area contributed by atoms with Crippen LogP contribution in [0.4, 0.5) is 5.82 Å². The Labute approximate surface area is 88.6 Å². The number of hydrogen-bond acceptors (Lipinski definition) is 4. The van der Waals surface area contributed by atoms with E-state index in [-0.39, 0.29) is 6.10 Å². The molecule has 0 aliphatic rings. The SMILES string of the molecule is CC(O)CCN(C)c1nccnc1Cl. The standard InChI is InChI=1S/C9H14ClN3O/c1-7(14)3-6-13(2)9-8(10)11-4-5-12-9/h4-5,7,14H,3,6H2,1-2H3. The van der Waals surface area contributed by atoms with E-state index < -0.39 is 0 Å². The van der Waals surface area contributed by atoms with Crippen LogP contribution in [0, 0.1) is 0 Å². The summed E-state index contributed by atoms with van der Waals surface area (Å²) < 4.78 is 0. The van der Waals surface area contributed by atoms with E-state index in [1.165, 1.54) is 0 Å². The Morgan fingerprint density at radius 3 is 2.71 bits per heavy atom.